The highest BCUT2D eigenvalue weighted by Crippen LogP contribution is 2.38. The Balaban J connectivity index is 1.86. The molecule has 0 aromatic heterocycles. The molecule has 1 aromatic rings. The molecule has 17 heavy (non-hydrogen) atoms. The van der Waals surface area contributed by atoms with E-state index in [9.17, 15) is 0 Å². The summed E-state index contributed by atoms with van der Waals surface area (Å²) in [4.78, 5) is 4.77. The molecule has 0 aliphatic carbocycles. The Hall–Kier alpha value is -1.48. The van der Waals surface area contributed by atoms with Crippen LogP contribution >= 0.6 is 0 Å². The van der Waals surface area contributed by atoms with Gasteiger partial charge in [0.2, 0.25) is 0 Å². The molecule has 1 aromatic carbocycles. The number of para-hydroxylation sites is 2. The van der Waals surface area contributed by atoms with Crippen LogP contribution in [0.4, 0.5) is 11.4 Å². The van der Waals surface area contributed by atoms with Crippen LogP contribution in [0.2, 0.25) is 0 Å². The molecule has 90 valence electrons. The lowest BCUT2D eigenvalue weighted by Crippen LogP contribution is -2.42. The van der Waals surface area contributed by atoms with E-state index in [0.29, 0.717) is 6.04 Å². The normalized spacial score (nSPS) is 21.5. The van der Waals surface area contributed by atoms with E-state index in [4.69, 9.17) is 0 Å². The Morgan fingerprint density at radius 2 is 1.94 bits per heavy atom. The molecular weight excluding hydrogens is 210 g/mol. The van der Waals surface area contributed by atoms with Gasteiger partial charge in [0.15, 0.2) is 0 Å². The number of likely N-dealkylation sites (tertiary alicyclic amines) is 1. The average molecular weight is 229 g/mol. The molecule has 0 bridgehead atoms. The second-order valence-corrected chi connectivity index (χ2v) is 4.99. The van der Waals surface area contributed by atoms with Crippen LogP contribution in [0.5, 0.6) is 0 Å². The fourth-order valence-corrected chi connectivity index (χ4v) is 2.82. The second kappa shape index (κ2) is 4.08. The molecule has 0 spiro atoms. The summed E-state index contributed by atoms with van der Waals surface area (Å²) in [6, 6.07) is 9.06. The summed E-state index contributed by atoms with van der Waals surface area (Å²) in [7, 11) is 2.20. The molecule has 2 aliphatic heterocycles. The topological polar surface area (TPSA) is 18.5 Å². The first-order valence-electron chi connectivity index (χ1n) is 6.28. The highest BCUT2D eigenvalue weighted by atomic mass is 15.3. The van der Waals surface area contributed by atoms with Gasteiger partial charge in [0.1, 0.15) is 5.82 Å². The van der Waals surface area contributed by atoms with Gasteiger partial charge in [-0.2, -0.15) is 0 Å². The molecule has 2 heterocycles. The number of hydrogen-bond donors (Lipinski definition) is 1. The number of anilines is 2. The minimum absolute atomic E-state index is 0.592. The van der Waals surface area contributed by atoms with Crippen molar-refractivity contribution in [2.75, 3.05) is 30.4 Å². The summed E-state index contributed by atoms with van der Waals surface area (Å²) >= 11 is 0. The molecule has 0 radical (unpaired) electrons. The van der Waals surface area contributed by atoms with Crippen molar-refractivity contribution >= 4 is 11.4 Å². The monoisotopic (exact) mass is 229 g/mol. The molecule has 1 fully saturated rings. The minimum Gasteiger partial charge on any atom is -0.340 e. The first-order valence-corrected chi connectivity index (χ1v) is 6.28. The summed E-state index contributed by atoms with van der Waals surface area (Å²) < 4.78 is 0. The first kappa shape index (κ1) is 10.7. The van der Waals surface area contributed by atoms with Crippen LogP contribution in [0, 0.1) is 0 Å². The van der Waals surface area contributed by atoms with Gasteiger partial charge in [0.25, 0.3) is 0 Å². The quantitative estimate of drug-likeness (QED) is 0.798. The number of benzene rings is 1. The van der Waals surface area contributed by atoms with E-state index >= 15 is 0 Å². The zero-order valence-electron chi connectivity index (χ0n) is 10.3. The fourth-order valence-electron chi connectivity index (χ4n) is 2.82. The van der Waals surface area contributed by atoms with Gasteiger partial charge in [0.05, 0.1) is 11.4 Å². The van der Waals surface area contributed by atoms with E-state index in [1.165, 1.54) is 37.3 Å². The van der Waals surface area contributed by atoms with Crippen LogP contribution in [0.3, 0.4) is 0 Å². The maximum Gasteiger partial charge on any atom is 0.103 e. The number of piperidine rings is 1. The molecule has 1 N–H and O–H groups in total. The Morgan fingerprint density at radius 3 is 2.71 bits per heavy atom. The number of fused-ring (bicyclic) bond motifs is 1. The maximum atomic E-state index is 4.15. The van der Waals surface area contributed by atoms with Gasteiger partial charge < -0.3 is 15.1 Å². The standard InChI is InChI=1S/C14H19N3/c1-11-15-13-5-3-4-6-14(13)17(11)12-7-9-16(2)10-8-12/h3-6,12,15H,1,7-10H2,2H3. The van der Waals surface area contributed by atoms with Crippen molar-refractivity contribution in [3.63, 3.8) is 0 Å². The second-order valence-electron chi connectivity index (χ2n) is 4.99. The van der Waals surface area contributed by atoms with Gasteiger partial charge in [0, 0.05) is 6.04 Å². The molecule has 0 atom stereocenters. The summed E-state index contributed by atoms with van der Waals surface area (Å²) in [6.45, 7) is 6.50. The van der Waals surface area contributed by atoms with E-state index < -0.39 is 0 Å². The molecule has 0 saturated carbocycles. The van der Waals surface area contributed by atoms with Crippen molar-refractivity contribution in [2.45, 2.75) is 18.9 Å². The predicted molar refractivity (Wildman–Crippen MR) is 72.2 cm³/mol. The Kier molecular flexibility index (Phi) is 2.56. The van der Waals surface area contributed by atoms with Gasteiger partial charge in [-0.25, -0.2) is 0 Å². The highest BCUT2D eigenvalue weighted by Gasteiger charge is 2.30. The van der Waals surface area contributed by atoms with Gasteiger partial charge in [-0.3, -0.25) is 0 Å². The molecule has 0 amide bonds. The number of nitrogens with zero attached hydrogens (tertiary/aromatic N) is 2. The van der Waals surface area contributed by atoms with Crippen LogP contribution in [0.1, 0.15) is 12.8 Å². The van der Waals surface area contributed by atoms with Crippen molar-refractivity contribution in [1.82, 2.24) is 4.90 Å². The largest absolute Gasteiger partial charge is 0.340 e. The molecule has 3 rings (SSSR count). The van der Waals surface area contributed by atoms with Crippen molar-refractivity contribution in [3.05, 3.63) is 36.7 Å². The van der Waals surface area contributed by atoms with Gasteiger partial charge in [-0.05, 0) is 45.1 Å². The summed E-state index contributed by atoms with van der Waals surface area (Å²) in [5, 5.41) is 3.37. The van der Waals surface area contributed by atoms with E-state index in [1.54, 1.807) is 0 Å². The number of hydrogen-bond acceptors (Lipinski definition) is 3. The molecule has 0 unspecified atom stereocenters. The highest BCUT2D eigenvalue weighted by molar-refractivity contribution is 5.80. The zero-order valence-corrected chi connectivity index (χ0v) is 10.3. The fraction of sp³-hybridized carbons (Fsp3) is 0.429. The SMILES string of the molecule is C=C1Nc2ccccc2N1C1CCN(C)CC1. The van der Waals surface area contributed by atoms with Crippen LogP contribution in [0.25, 0.3) is 0 Å². The van der Waals surface area contributed by atoms with Gasteiger partial charge in [-0.15, -0.1) is 0 Å². The molecule has 2 aliphatic rings. The summed E-state index contributed by atoms with van der Waals surface area (Å²) in [6.07, 6.45) is 2.43. The van der Waals surface area contributed by atoms with E-state index in [1.807, 2.05) is 0 Å². The average Bonchev–Trinajstić information content (AvgIpc) is 2.66. The third-order valence-corrected chi connectivity index (χ3v) is 3.79. The van der Waals surface area contributed by atoms with Crippen LogP contribution in [0.15, 0.2) is 36.7 Å². The third-order valence-electron chi connectivity index (χ3n) is 3.79. The van der Waals surface area contributed by atoms with E-state index in [0.717, 1.165) is 5.82 Å². The first-order chi connectivity index (χ1) is 8.25. The lowest BCUT2D eigenvalue weighted by molar-refractivity contribution is 0.254. The molecular formula is C14H19N3. The summed E-state index contributed by atoms with van der Waals surface area (Å²) in [5.41, 5.74) is 2.48. The van der Waals surface area contributed by atoms with E-state index in [-0.39, 0.29) is 0 Å². The molecule has 3 nitrogen and oxygen atoms in total. The molecule has 3 heteroatoms. The van der Waals surface area contributed by atoms with Crippen molar-refractivity contribution in [3.8, 4) is 0 Å². The lowest BCUT2D eigenvalue weighted by atomic mass is 10.0. The van der Waals surface area contributed by atoms with Gasteiger partial charge in [-0.1, -0.05) is 18.7 Å². The summed E-state index contributed by atoms with van der Waals surface area (Å²) in [5.74, 6) is 1.03. The number of rotatable bonds is 1. The van der Waals surface area contributed by atoms with Crippen LogP contribution in [-0.4, -0.2) is 31.1 Å². The smallest absolute Gasteiger partial charge is 0.103 e. The Morgan fingerprint density at radius 1 is 1.24 bits per heavy atom. The maximum absolute atomic E-state index is 4.15. The van der Waals surface area contributed by atoms with Crippen LogP contribution in [-0.2, 0) is 0 Å². The Labute approximate surface area is 103 Å². The van der Waals surface area contributed by atoms with Crippen molar-refractivity contribution < 1.29 is 0 Å². The van der Waals surface area contributed by atoms with Crippen molar-refractivity contribution in [1.29, 1.82) is 0 Å². The Bertz CT molecular complexity index is 433. The molecule has 1 saturated heterocycles. The number of nitrogens with one attached hydrogen (secondary N) is 1. The van der Waals surface area contributed by atoms with Crippen molar-refractivity contribution in [2.24, 2.45) is 0 Å². The predicted octanol–water partition coefficient (Wildman–Crippen LogP) is 2.48. The lowest BCUT2D eigenvalue weighted by Gasteiger charge is -2.36. The van der Waals surface area contributed by atoms with E-state index in [2.05, 4.69) is 53.0 Å². The van der Waals surface area contributed by atoms with Crippen LogP contribution < -0.4 is 10.2 Å². The zero-order chi connectivity index (χ0) is 11.8. The van der Waals surface area contributed by atoms with Gasteiger partial charge >= 0.3 is 0 Å². The third kappa shape index (κ3) is 1.80. The minimum atomic E-state index is 0.592.